The Kier molecular flexibility index (Phi) is 6.46. The van der Waals surface area contributed by atoms with Gasteiger partial charge in [0.2, 0.25) is 0 Å². The zero-order valence-electron chi connectivity index (χ0n) is 14.5. The number of ether oxygens (including phenoxy) is 1. The van der Waals surface area contributed by atoms with Crippen LogP contribution in [-0.2, 0) is 0 Å². The number of hydrogen-bond acceptors (Lipinski definition) is 3. The first-order valence-electron chi connectivity index (χ1n) is 8.84. The summed E-state index contributed by atoms with van der Waals surface area (Å²) in [5, 5.41) is 8.88. The van der Waals surface area contributed by atoms with Crippen LogP contribution in [-0.4, -0.2) is 41.7 Å². The molecule has 4 heteroatoms. The number of carboxylic acid groups (broad SMARTS) is 1. The van der Waals surface area contributed by atoms with Gasteiger partial charge in [-0.3, -0.25) is 0 Å². The largest absolute Gasteiger partial charge is 0.490 e. The zero-order valence-corrected chi connectivity index (χ0v) is 14.5. The molecule has 1 saturated carbocycles. The predicted molar refractivity (Wildman–Crippen MR) is 92.1 cm³/mol. The highest BCUT2D eigenvalue weighted by atomic mass is 16.5. The van der Waals surface area contributed by atoms with Gasteiger partial charge in [-0.15, -0.1) is 0 Å². The van der Waals surface area contributed by atoms with Gasteiger partial charge in [0.1, 0.15) is 11.9 Å². The van der Waals surface area contributed by atoms with Crippen LogP contribution >= 0.6 is 0 Å². The van der Waals surface area contributed by atoms with Gasteiger partial charge >= 0.3 is 5.97 Å². The third-order valence-corrected chi connectivity index (χ3v) is 4.71. The van der Waals surface area contributed by atoms with Crippen LogP contribution < -0.4 is 4.74 Å². The Balaban J connectivity index is 0.000000924. The molecule has 0 radical (unpaired) electrons. The molecule has 0 bridgehead atoms. The molecule has 1 heterocycles. The maximum atomic E-state index is 10.8. The number of rotatable bonds is 5. The molecule has 1 aromatic rings. The minimum absolute atomic E-state index is 0.258. The van der Waals surface area contributed by atoms with E-state index in [0.29, 0.717) is 5.56 Å². The zero-order chi connectivity index (χ0) is 16.8. The Bertz CT molecular complexity index is 492. The van der Waals surface area contributed by atoms with Gasteiger partial charge in [0.05, 0.1) is 5.56 Å². The van der Waals surface area contributed by atoms with Crippen molar-refractivity contribution in [3.8, 4) is 5.75 Å². The van der Waals surface area contributed by atoms with Crippen molar-refractivity contribution in [1.29, 1.82) is 0 Å². The van der Waals surface area contributed by atoms with E-state index in [9.17, 15) is 4.79 Å². The molecule has 0 spiro atoms. The van der Waals surface area contributed by atoms with E-state index in [-0.39, 0.29) is 6.10 Å². The first-order valence-corrected chi connectivity index (χ1v) is 8.84. The summed E-state index contributed by atoms with van der Waals surface area (Å²) in [5.74, 6) is 1.72. The number of piperidine rings is 1. The van der Waals surface area contributed by atoms with Crippen molar-refractivity contribution >= 4 is 5.97 Å². The van der Waals surface area contributed by atoms with Gasteiger partial charge in [0.15, 0.2) is 0 Å². The summed E-state index contributed by atoms with van der Waals surface area (Å²) in [4.78, 5) is 13.4. The molecule has 3 rings (SSSR count). The van der Waals surface area contributed by atoms with Gasteiger partial charge in [-0.05, 0) is 55.4 Å². The highest BCUT2D eigenvalue weighted by Gasteiger charge is 2.34. The smallest absolute Gasteiger partial charge is 0.335 e. The molecule has 1 aliphatic heterocycles. The summed E-state index contributed by atoms with van der Waals surface area (Å²) < 4.78 is 5.96. The van der Waals surface area contributed by atoms with Crippen LogP contribution in [0.1, 0.15) is 50.4 Å². The molecule has 2 unspecified atom stereocenters. The Morgan fingerprint density at radius 3 is 2.26 bits per heavy atom. The summed E-state index contributed by atoms with van der Waals surface area (Å²) in [5.41, 5.74) is 0.302. The van der Waals surface area contributed by atoms with Gasteiger partial charge in [-0.2, -0.15) is 0 Å². The Labute approximate surface area is 139 Å². The van der Waals surface area contributed by atoms with E-state index in [0.717, 1.165) is 43.5 Å². The van der Waals surface area contributed by atoms with Gasteiger partial charge < -0.3 is 14.7 Å². The van der Waals surface area contributed by atoms with Crippen molar-refractivity contribution in [3.63, 3.8) is 0 Å². The van der Waals surface area contributed by atoms with Crippen LogP contribution in [0.25, 0.3) is 0 Å². The van der Waals surface area contributed by atoms with Crippen molar-refractivity contribution in [2.24, 2.45) is 11.8 Å². The predicted octanol–water partition coefficient (Wildman–Crippen LogP) is 3.91. The second-order valence-electron chi connectivity index (χ2n) is 6.42. The second-order valence-corrected chi connectivity index (χ2v) is 6.42. The number of carboxylic acids is 1. The lowest BCUT2D eigenvalue weighted by atomic mass is 10.1. The van der Waals surface area contributed by atoms with E-state index in [1.165, 1.54) is 13.0 Å². The minimum atomic E-state index is -0.899. The van der Waals surface area contributed by atoms with Crippen LogP contribution in [0.4, 0.5) is 0 Å². The van der Waals surface area contributed by atoms with Gasteiger partial charge in [0.25, 0.3) is 0 Å². The second kappa shape index (κ2) is 8.34. The maximum Gasteiger partial charge on any atom is 0.335 e. The van der Waals surface area contributed by atoms with Crippen LogP contribution in [0.15, 0.2) is 24.3 Å². The number of nitrogens with zero attached hydrogens (tertiary/aromatic N) is 1. The topological polar surface area (TPSA) is 49.8 Å². The summed E-state index contributed by atoms with van der Waals surface area (Å²) in [6.07, 6.45) is 3.77. The van der Waals surface area contributed by atoms with Crippen LogP contribution in [0, 0.1) is 11.8 Å². The third kappa shape index (κ3) is 5.24. The monoisotopic (exact) mass is 319 g/mol. The first kappa shape index (κ1) is 17.8. The van der Waals surface area contributed by atoms with E-state index < -0.39 is 5.97 Å². The summed E-state index contributed by atoms with van der Waals surface area (Å²) >= 11 is 0. The lowest BCUT2D eigenvalue weighted by Crippen LogP contribution is -2.39. The Hall–Kier alpha value is -1.55. The van der Waals surface area contributed by atoms with Crippen molar-refractivity contribution in [2.45, 2.75) is 46.1 Å². The molecule has 1 saturated heterocycles. The maximum absolute atomic E-state index is 10.8. The van der Waals surface area contributed by atoms with Crippen molar-refractivity contribution in [2.75, 3.05) is 19.6 Å². The number of aromatic carboxylic acids is 1. The fourth-order valence-corrected chi connectivity index (χ4v) is 3.06. The fourth-order valence-electron chi connectivity index (χ4n) is 3.06. The average molecular weight is 319 g/mol. The van der Waals surface area contributed by atoms with Gasteiger partial charge in [-0.1, -0.05) is 20.8 Å². The number of hydrogen-bond donors (Lipinski definition) is 1. The van der Waals surface area contributed by atoms with Crippen molar-refractivity contribution in [3.05, 3.63) is 29.8 Å². The van der Waals surface area contributed by atoms with E-state index in [1.54, 1.807) is 24.3 Å². The Morgan fingerprint density at radius 1 is 1.22 bits per heavy atom. The normalized spacial score (nSPS) is 24.5. The standard InChI is InChI=1S/C17H23NO3.C2H6/c1-12-10-14(12)11-18-8-6-16(7-9-18)21-15-4-2-13(3-5-15)17(19)20;1-2/h2-5,12,14,16H,6-11H2,1H3,(H,19,20);1-2H3. The highest BCUT2D eigenvalue weighted by Crippen LogP contribution is 2.38. The molecule has 2 atom stereocenters. The van der Waals surface area contributed by atoms with Crippen molar-refractivity contribution in [1.82, 2.24) is 4.90 Å². The van der Waals surface area contributed by atoms with Crippen LogP contribution in [0.5, 0.6) is 5.75 Å². The summed E-state index contributed by atoms with van der Waals surface area (Å²) in [7, 11) is 0. The van der Waals surface area contributed by atoms with E-state index >= 15 is 0 Å². The number of benzene rings is 1. The molecule has 0 aromatic heterocycles. The average Bonchev–Trinajstić information content (AvgIpc) is 3.26. The lowest BCUT2D eigenvalue weighted by Gasteiger charge is -2.32. The first-order chi connectivity index (χ1) is 11.1. The van der Waals surface area contributed by atoms with E-state index in [1.807, 2.05) is 13.8 Å². The van der Waals surface area contributed by atoms with Crippen molar-refractivity contribution < 1.29 is 14.6 Å². The summed E-state index contributed by atoms with van der Waals surface area (Å²) in [6, 6.07) is 6.70. The molecular formula is C19H29NO3. The molecule has 23 heavy (non-hydrogen) atoms. The van der Waals surface area contributed by atoms with Crippen LogP contribution in [0.3, 0.4) is 0 Å². The Morgan fingerprint density at radius 2 is 1.78 bits per heavy atom. The highest BCUT2D eigenvalue weighted by molar-refractivity contribution is 5.87. The third-order valence-electron chi connectivity index (χ3n) is 4.71. The summed E-state index contributed by atoms with van der Waals surface area (Å²) in [6.45, 7) is 9.81. The minimum Gasteiger partial charge on any atom is -0.490 e. The number of likely N-dealkylation sites (tertiary alicyclic amines) is 1. The lowest BCUT2D eigenvalue weighted by molar-refractivity contribution is 0.0696. The molecule has 1 N–H and O–H groups in total. The fraction of sp³-hybridized carbons (Fsp3) is 0.632. The molecule has 4 nitrogen and oxygen atoms in total. The van der Waals surface area contributed by atoms with Gasteiger partial charge in [-0.25, -0.2) is 4.79 Å². The molecule has 1 aromatic carbocycles. The molecule has 2 fully saturated rings. The molecular weight excluding hydrogens is 290 g/mol. The molecule has 0 amide bonds. The molecule has 1 aliphatic carbocycles. The van der Waals surface area contributed by atoms with Crippen LogP contribution in [0.2, 0.25) is 0 Å². The van der Waals surface area contributed by atoms with Gasteiger partial charge in [0, 0.05) is 19.6 Å². The molecule has 2 aliphatic rings. The quantitative estimate of drug-likeness (QED) is 0.894. The number of carbonyl (C=O) groups is 1. The SMILES string of the molecule is CC.CC1CC1CN1CCC(Oc2ccc(C(=O)O)cc2)CC1. The van der Waals surface area contributed by atoms with E-state index in [4.69, 9.17) is 9.84 Å². The van der Waals surface area contributed by atoms with E-state index in [2.05, 4.69) is 11.8 Å². The molecule has 128 valence electrons.